The lowest BCUT2D eigenvalue weighted by Crippen LogP contribution is -2.47. The summed E-state index contributed by atoms with van der Waals surface area (Å²) in [7, 11) is 3.45. The summed E-state index contributed by atoms with van der Waals surface area (Å²) in [5.74, 6) is -1.35. The maximum Gasteiger partial charge on any atom is 0.317 e. The number of carbonyl (C=O) groups excluding carboxylic acids is 1. The van der Waals surface area contributed by atoms with E-state index in [4.69, 9.17) is 16.7 Å². The van der Waals surface area contributed by atoms with Gasteiger partial charge in [-0.1, -0.05) is 17.7 Å². The van der Waals surface area contributed by atoms with Gasteiger partial charge in [-0.25, -0.2) is 4.39 Å². The number of aliphatic carboxylic acids is 1. The molecule has 1 aliphatic rings. The molecular formula is C18H26Cl2FN3O3. The number of carbonyl (C=O) groups is 2. The Morgan fingerprint density at radius 3 is 2.48 bits per heavy atom. The summed E-state index contributed by atoms with van der Waals surface area (Å²) in [5, 5.41) is 9.18. The van der Waals surface area contributed by atoms with Gasteiger partial charge in [0.15, 0.2) is 0 Å². The zero-order valence-corrected chi connectivity index (χ0v) is 17.1. The second-order valence-electron chi connectivity index (χ2n) is 6.77. The van der Waals surface area contributed by atoms with E-state index < -0.39 is 11.8 Å². The highest BCUT2D eigenvalue weighted by molar-refractivity contribution is 6.31. The molecule has 0 aliphatic carbocycles. The highest BCUT2D eigenvalue weighted by Gasteiger charge is 2.25. The third kappa shape index (κ3) is 6.92. The minimum Gasteiger partial charge on any atom is -0.480 e. The Bertz CT molecular complexity index is 634. The fraction of sp³-hybridized carbons (Fsp3) is 0.556. The average Bonchev–Trinajstić information content (AvgIpc) is 2.58. The van der Waals surface area contributed by atoms with Crippen LogP contribution in [0.1, 0.15) is 18.4 Å². The van der Waals surface area contributed by atoms with Crippen LogP contribution in [0.4, 0.5) is 4.39 Å². The van der Waals surface area contributed by atoms with Crippen molar-refractivity contribution < 1.29 is 19.1 Å². The minimum absolute atomic E-state index is 0. The lowest BCUT2D eigenvalue weighted by atomic mass is 10.0. The molecule has 0 aromatic heterocycles. The van der Waals surface area contributed by atoms with Crippen LogP contribution < -0.4 is 0 Å². The zero-order chi connectivity index (χ0) is 19.3. The van der Waals surface area contributed by atoms with Crippen LogP contribution in [-0.4, -0.2) is 78.0 Å². The molecule has 0 saturated carbocycles. The molecule has 1 heterocycles. The van der Waals surface area contributed by atoms with E-state index in [9.17, 15) is 14.0 Å². The van der Waals surface area contributed by atoms with Crippen molar-refractivity contribution in [3.63, 3.8) is 0 Å². The molecule has 0 radical (unpaired) electrons. The van der Waals surface area contributed by atoms with Gasteiger partial charge in [-0.2, -0.15) is 0 Å². The first-order valence-corrected chi connectivity index (χ1v) is 8.97. The van der Waals surface area contributed by atoms with Crippen molar-refractivity contribution in [3.05, 3.63) is 34.6 Å². The smallest absolute Gasteiger partial charge is 0.317 e. The van der Waals surface area contributed by atoms with Gasteiger partial charge in [0.2, 0.25) is 5.91 Å². The number of likely N-dealkylation sites (tertiary alicyclic amines) is 1. The minimum atomic E-state index is -0.835. The number of carboxylic acid groups (broad SMARTS) is 1. The fourth-order valence-corrected chi connectivity index (χ4v) is 3.40. The maximum atomic E-state index is 13.9. The molecule has 0 unspecified atom stereocenters. The number of benzene rings is 1. The van der Waals surface area contributed by atoms with Gasteiger partial charge >= 0.3 is 5.97 Å². The van der Waals surface area contributed by atoms with E-state index in [1.807, 2.05) is 16.8 Å². The summed E-state index contributed by atoms with van der Waals surface area (Å²) >= 11 is 6.02. The first-order chi connectivity index (χ1) is 12.3. The largest absolute Gasteiger partial charge is 0.480 e. The first kappa shape index (κ1) is 23.6. The first-order valence-electron chi connectivity index (χ1n) is 8.59. The van der Waals surface area contributed by atoms with Crippen LogP contribution in [0.25, 0.3) is 0 Å². The monoisotopic (exact) mass is 421 g/mol. The second kappa shape index (κ2) is 10.8. The third-order valence-corrected chi connectivity index (χ3v) is 5.16. The lowest BCUT2D eigenvalue weighted by molar-refractivity contribution is -0.138. The number of halogens is 3. The molecule has 0 spiro atoms. The van der Waals surface area contributed by atoms with Crippen molar-refractivity contribution in [2.24, 2.45) is 0 Å². The summed E-state index contributed by atoms with van der Waals surface area (Å²) in [6.07, 6.45) is 1.64. The van der Waals surface area contributed by atoms with Gasteiger partial charge in [-0.05, 0) is 32.0 Å². The highest BCUT2D eigenvalue weighted by atomic mass is 35.5. The van der Waals surface area contributed by atoms with Crippen molar-refractivity contribution >= 4 is 35.9 Å². The normalized spacial score (nSPS) is 15.4. The van der Waals surface area contributed by atoms with Crippen molar-refractivity contribution in [1.29, 1.82) is 0 Å². The van der Waals surface area contributed by atoms with E-state index in [0.717, 1.165) is 25.9 Å². The van der Waals surface area contributed by atoms with Gasteiger partial charge in [-0.3, -0.25) is 19.4 Å². The molecule has 2 rings (SSSR count). The van der Waals surface area contributed by atoms with E-state index in [1.54, 1.807) is 13.1 Å². The molecule has 6 nitrogen and oxygen atoms in total. The van der Waals surface area contributed by atoms with Gasteiger partial charge in [0.25, 0.3) is 0 Å². The third-order valence-electron chi connectivity index (χ3n) is 4.81. The Balaban J connectivity index is 0.00000364. The van der Waals surface area contributed by atoms with E-state index in [1.165, 1.54) is 17.0 Å². The van der Waals surface area contributed by atoms with Crippen molar-refractivity contribution in [3.8, 4) is 0 Å². The van der Waals surface area contributed by atoms with Crippen LogP contribution in [0, 0.1) is 5.82 Å². The molecule has 0 bridgehead atoms. The Labute approximate surface area is 170 Å². The number of likely N-dealkylation sites (N-methyl/N-ethyl adjacent to an activating group) is 2. The number of hydrogen-bond acceptors (Lipinski definition) is 4. The fourth-order valence-electron chi connectivity index (χ4n) is 3.18. The number of piperidine rings is 1. The van der Waals surface area contributed by atoms with Gasteiger partial charge in [-0.15, -0.1) is 12.4 Å². The van der Waals surface area contributed by atoms with E-state index in [2.05, 4.69) is 0 Å². The van der Waals surface area contributed by atoms with Gasteiger partial charge < -0.3 is 10.0 Å². The molecule has 9 heteroatoms. The molecular weight excluding hydrogens is 396 g/mol. The number of carboxylic acids is 1. The van der Waals surface area contributed by atoms with Crippen molar-refractivity contribution in [2.45, 2.75) is 25.4 Å². The van der Waals surface area contributed by atoms with E-state index in [-0.39, 0.29) is 44.0 Å². The summed E-state index contributed by atoms with van der Waals surface area (Å²) in [6, 6.07) is 4.69. The van der Waals surface area contributed by atoms with Crippen LogP contribution >= 0.6 is 24.0 Å². The van der Waals surface area contributed by atoms with Gasteiger partial charge in [0.1, 0.15) is 5.82 Å². The Morgan fingerprint density at radius 2 is 1.93 bits per heavy atom. The summed E-state index contributed by atoms with van der Waals surface area (Å²) in [5.41, 5.74) is 0.319. The molecule has 1 fully saturated rings. The SMILES string of the molecule is CN(Cc1c(F)cccc1Cl)C(=O)CN1CCC(N(C)CC(=O)O)CC1.Cl. The van der Waals surface area contributed by atoms with Crippen LogP contribution in [0.3, 0.4) is 0 Å². The van der Waals surface area contributed by atoms with Crippen molar-refractivity contribution in [2.75, 3.05) is 40.3 Å². The summed E-state index contributed by atoms with van der Waals surface area (Å²) in [6.45, 7) is 1.87. The molecule has 152 valence electrons. The van der Waals surface area contributed by atoms with Crippen LogP contribution in [0.5, 0.6) is 0 Å². The molecule has 1 aromatic rings. The van der Waals surface area contributed by atoms with E-state index >= 15 is 0 Å². The number of amides is 1. The zero-order valence-electron chi connectivity index (χ0n) is 15.5. The average molecular weight is 422 g/mol. The molecule has 1 amide bonds. The van der Waals surface area contributed by atoms with Gasteiger partial charge in [0.05, 0.1) is 13.1 Å². The number of nitrogens with zero attached hydrogens (tertiary/aromatic N) is 3. The van der Waals surface area contributed by atoms with Crippen LogP contribution in [0.15, 0.2) is 18.2 Å². The summed E-state index contributed by atoms with van der Waals surface area (Å²) < 4.78 is 13.9. The van der Waals surface area contributed by atoms with Crippen LogP contribution in [0.2, 0.25) is 5.02 Å². The predicted octanol–water partition coefficient (Wildman–Crippen LogP) is 2.34. The molecule has 0 atom stereocenters. The van der Waals surface area contributed by atoms with E-state index in [0.29, 0.717) is 10.6 Å². The lowest BCUT2D eigenvalue weighted by Gasteiger charge is -2.36. The van der Waals surface area contributed by atoms with Crippen molar-refractivity contribution in [1.82, 2.24) is 14.7 Å². The topological polar surface area (TPSA) is 64.1 Å². The second-order valence-corrected chi connectivity index (χ2v) is 7.17. The maximum absolute atomic E-state index is 13.9. The number of hydrogen-bond donors (Lipinski definition) is 1. The Morgan fingerprint density at radius 1 is 1.30 bits per heavy atom. The molecule has 1 aromatic carbocycles. The molecule has 1 saturated heterocycles. The summed E-state index contributed by atoms with van der Waals surface area (Å²) in [4.78, 5) is 28.6. The number of rotatable bonds is 7. The Hall–Kier alpha value is -1.41. The predicted molar refractivity (Wildman–Crippen MR) is 105 cm³/mol. The standard InChI is InChI=1S/C18H25ClFN3O3.ClH/c1-21(12-18(25)26)13-6-8-23(9-7-13)11-17(24)22(2)10-14-15(19)4-3-5-16(14)20;/h3-5,13H,6-12H2,1-2H3,(H,25,26);1H. The quantitative estimate of drug-likeness (QED) is 0.731. The molecule has 1 aliphatic heterocycles. The van der Waals surface area contributed by atoms with Crippen LogP contribution in [-0.2, 0) is 16.1 Å². The Kier molecular flexibility index (Phi) is 9.45. The molecule has 1 N–H and O–H groups in total. The highest BCUT2D eigenvalue weighted by Crippen LogP contribution is 2.21. The molecule has 27 heavy (non-hydrogen) atoms. The van der Waals surface area contributed by atoms with Gasteiger partial charge in [0, 0.05) is 43.3 Å².